The van der Waals surface area contributed by atoms with E-state index in [-0.39, 0.29) is 5.91 Å². The number of halogens is 1. The molecule has 0 aliphatic carbocycles. The van der Waals surface area contributed by atoms with Gasteiger partial charge in [-0.1, -0.05) is 18.1 Å². The Morgan fingerprint density at radius 3 is 2.90 bits per heavy atom. The van der Waals surface area contributed by atoms with E-state index >= 15 is 0 Å². The first kappa shape index (κ1) is 15.5. The molecule has 20 heavy (non-hydrogen) atoms. The minimum atomic E-state index is 0.121. The van der Waals surface area contributed by atoms with E-state index in [0.29, 0.717) is 6.04 Å². The number of nitrogens with one attached hydrogen (secondary N) is 1. The summed E-state index contributed by atoms with van der Waals surface area (Å²) < 4.78 is 0.878. The number of amides is 1. The lowest BCUT2D eigenvalue weighted by Gasteiger charge is -2.30. The molecule has 1 atom stereocenters. The van der Waals surface area contributed by atoms with E-state index in [1.54, 1.807) is 0 Å². The molecular weight excluding hydrogens is 316 g/mol. The van der Waals surface area contributed by atoms with Crippen LogP contribution in [0.2, 0.25) is 0 Å². The highest BCUT2D eigenvalue weighted by Gasteiger charge is 2.21. The SMILES string of the molecule is CCN(CC1CCCCN1)C(=O)c1cc(C)ccc1Br. The minimum Gasteiger partial charge on any atom is -0.337 e. The van der Waals surface area contributed by atoms with Gasteiger partial charge in [0, 0.05) is 23.6 Å². The van der Waals surface area contributed by atoms with Crippen LogP contribution in [0.25, 0.3) is 0 Å². The Morgan fingerprint density at radius 2 is 2.25 bits per heavy atom. The molecule has 0 spiro atoms. The van der Waals surface area contributed by atoms with Crippen molar-refractivity contribution in [2.24, 2.45) is 0 Å². The zero-order valence-electron chi connectivity index (χ0n) is 12.3. The predicted octanol–water partition coefficient (Wildman–Crippen LogP) is 3.36. The molecule has 1 aliphatic rings. The van der Waals surface area contributed by atoms with Crippen LogP contribution in [0.15, 0.2) is 22.7 Å². The van der Waals surface area contributed by atoms with Crippen LogP contribution in [0, 0.1) is 6.92 Å². The molecule has 1 saturated heterocycles. The molecular formula is C16H23BrN2O. The Labute approximate surface area is 129 Å². The molecule has 1 fully saturated rings. The molecule has 2 rings (SSSR count). The summed E-state index contributed by atoms with van der Waals surface area (Å²) in [6, 6.07) is 6.37. The van der Waals surface area contributed by atoms with Gasteiger partial charge >= 0.3 is 0 Å². The molecule has 1 unspecified atom stereocenters. The smallest absolute Gasteiger partial charge is 0.255 e. The summed E-state index contributed by atoms with van der Waals surface area (Å²) in [5.41, 5.74) is 1.88. The summed E-state index contributed by atoms with van der Waals surface area (Å²) in [5.74, 6) is 0.121. The molecule has 1 amide bonds. The third-order valence-electron chi connectivity index (χ3n) is 3.87. The molecule has 3 nitrogen and oxygen atoms in total. The van der Waals surface area contributed by atoms with Gasteiger partial charge in [0.05, 0.1) is 5.56 Å². The van der Waals surface area contributed by atoms with Gasteiger partial charge in [-0.3, -0.25) is 4.79 Å². The third kappa shape index (κ3) is 3.83. The molecule has 1 aromatic carbocycles. The Bertz CT molecular complexity index is 470. The second-order valence-corrected chi connectivity index (χ2v) is 6.33. The maximum Gasteiger partial charge on any atom is 0.255 e. The molecule has 0 bridgehead atoms. The zero-order valence-corrected chi connectivity index (χ0v) is 13.9. The first-order valence-electron chi connectivity index (χ1n) is 7.40. The van der Waals surface area contributed by atoms with Crippen molar-refractivity contribution in [2.75, 3.05) is 19.6 Å². The van der Waals surface area contributed by atoms with Crippen LogP contribution >= 0.6 is 15.9 Å². The lowest BCUT2D eigenvalue weighted by molar-refractivity contribution is 0.0740. The molecule has 110 valence electrons. The minimum absolute atomic E-state index is 0.121. The molecule has 1 aromatic rings. The Hall–Kier alpha value is -0.870. The zero-order chi connectivity index (χ0) is 14.5. The van der Waals surface area contributed by atoms with E-state index in [1.807, 2.05) is 36.9 Å². The number of nitrogens with zero attached hydrogens (tertiary/aromatic N) is 1. The van der Waals surface area contributed by atoms with Gasteiger partial charge in [0.1, 0.15) is 0 Å². The van der Waals surface area contributed by atoms with E-state index in [4.69, 9.17) is 0 Å². The van der Waals surface area contributed by atoms with Crippen LogP contribution in [0.3, 0.4) is 0 Å². The number of benzene rings is 1. The number of carbonyl (C=O) groups excluding carboxylic acids is 1. The van der Waals surface area contributed by atoms with E-state index in [2.05, 4.69) is 21.2 Å². The van der Waals surface area contributed by atoms with Crippen molar-refractivity contribution in [1.29, 1.82) is 0 Å². The van der Waals surface area contributed by atoms with Crippen molar-refractivity contribution in [3.05, 3.63) is 33.8 Å². The molecule has 1 heterocycles. The average Bonchev–Trinajstić information content (AvgIpc) is 2.47. The van der Waals surface area contributed by atoms with Crippen molar-refractivity contribution in [3.8, 4) is 0 Å². The third-order valence-corrected chi connectivity index (χ3v) is 4.57. The van der Waals surface area contributed by atoms with Crippen molar-refractivity contribution < 1.29 is 4.79 Å². The first-order valence-corrected chi connectivity index (χ1v) is 8.20. The Kier molecular flexibility index (Phi) is 5.61. The van der Waals surface area contributed by atoms with Gasteiger partial charge in [-0.2, -0.15) is 0 Å². The van der Waals surface area contributed by atoms with Gasteiger partial charge in [0.15, 0.2) is 0 Å². The fraction of sp³-hybridized carbons (Fsp3) is 0.562. The number of likely N-dealkylation sites (N-methyl/N-ethyl adjacent to an activating group) is 1. The van der Waals surface area contributed by atoms with Gasteiger partial charge in [-0.15, -0.1) is 0 Å². The molecule has 0 aromatic heterocycles. The fourth-order valence-corrected chi connectivity index (χ4v) is 3.09. The Morgan fingerprint density at radius 1 is 1.45 bits per heavy atom. The lowest BCUT2D eigenvalue weighted by Crippen LogP contribution is -2.45. The summed E-state index contributed by atoms with van der Waals surface area (Å²) in [6.07, 6.45) is 3.68. The van der Waals surface area contributed by atoms with Crippen molar-refractivity contribution in [3.63, 3.8) is 0 Å². The van der Waals surface area contributed by atoms with Gasteiger partial charge in [-0.05, 0) is 61.3 Å². The largest absolute Gasteiger partial charge is 0.337 e. The second-order valence-electron chi connectivity index (χ2n) is 5.47. The van der Waals surface area contributed by atoms with Crippen LogP contribution in [0.4, 0.5) is 0 Å². The number of hydrogen-bond donors (Lipinski definition) is 1. The van der Waals surface area contributed by atoms with Crippen molar-refractivity contribution in [1.82, 2.24) is 10.2 Å². The van der Waals surface area contributed by atoms with Gasteiger partial charge in [0.25, 0.3) is 5.91 Å². The average molecular weight is 339 g/mol. The number of hydrogen-bond acceptors (Lipinski definition) is 2. The number of rotatable bonds is 4. The first-order chi connectivity index (χ1) is 9.61. The van der Waals surface area contributed by atoms with E-state index in [1.165, 1.54) is 19.3 Å². The fourth-order valence-electron chi connectivity index (χ4n) is 2.67. The summed E-state index contributed by atoms with van der Waals surface area (Å²) in [5, 5.41) is 3.51. The predicted molar refractivity (Wildman–Crippen MR) is 86.1 cm³/mol. The van der Waals surface area contributed by atoms with Crippen LogP contribution < -0.4 is 5.32 Å². The maximum atomic E-state index is 12.7. The summed E-state index contributed by atoms with van der Waals surface area (Å²) in [6.45, 7) is 6.68. The molecule has 1 N–H and O–H groups in total. The van der Waals surface area contributed by atoms with Crippen LogP contribution in [0.1, 0.15) is 42.1 Å². The van der Waals surface area contributed by atoms with Gasteiger partial charge in [-0.25, -0.2) is 0 Å². The number of carbonyl (C=O) groups is 1. The highest BCUT2D eigenvalue weighted by molar-refractivity contribution is 9.10. The topological polar surface area (TPSA) is 32.3 Å². The Balaban J connectivity index is 2.09. The van der Waals surface area contributed by atoms with E-state index in [0.717, 1.165) is 35.2 Å². The normalized spacial score (nSPS) is 18.9. The number of piperidine rings is 1. The monoisotopic (exact) mass is 338 g/mol. The lowest BCUT2D eigenvalue weighted by atomic mass is 10.0. The standard InChI is InChI=1S/C16H23BrN2O/c1-3-19(11-13-6-4-5-9-18-13)16(20)14-10-12(2)7-8-15(14)17/h7-8,10,13,18H,3-6,9,11H2,1-2H3. The van der Waals surface area contributed by atoms with Gasteiger partial charge < -0.3 is 10.2 Å². The molecule has 0 saturated carbocycles. The maximum absolute atomic E-state index is 12.7. The quantitative estimate of drug-likeness (QED) is 0.912. The molecule has 0 radical (unpaired) electrons. The van der Waals surface area contributed by atoms with Crippen LogP contribution in [-0.4, -0.2) is 36.5 Å². The second kappa shape index (κ2) is 7.23. The summed E-state index contributed by atoms with van der Waals surface area (Å²) in [4.78, 5) is 14.6. The van der Waals surface area contributed by atoms with Crippen molar-refractivity contribution in [2.45, 2.75) is 39.2 Å². The molecule has 1 aliphatic heterocycles. The summed E-state index contributed by atoms with van der Waals surface area (Å²) >= 11 is 3.49. The van der Waals surface area contributed by atoms with Gasteiger partial charge in [0.2, 0.25) is 0 Å². The highest BCUT2D eigenvalue weighted by atomic mass is 79.9. The van der Waals surface area contributed by atoms with E-state index in [9.17, 15) is 4.79 Å². The van der Waals surface area contributed by atoms with E-state index < -0.39 is 0 Å². The summed E-state index contributed by atoms with van der Waals surface area (Å²) in [7, 11) is 0. The number of aryl methyl sites for hydroxylation is 1. The molecule has 4 heteroatoms. The van der Waals surface area contributed by atoms with Crippen molar-refractivity contribution >= 4 is 21.8 Å². The van der Waals surface area contributed by atoms with Crippen LogP contribution in [-0.2, 0) is 0 Å². The highest BCUT2D eigenvalue weighted by Crippen LogP contribution is 2.20. The van der Waals surface area contributed by atoms with Crippen LogP contribution in [0.5, 0.6) is 0 Å².